The highest BCUT2D eigenvalue weighted by Crippen LogP contribution is 2.25. The van der Waals surface area contributed by atoms with E-state index in [-0.39, 0.29) is 5.78 Å². The average Bonchev–Trinajstić information content (AvgIpc) is 2.27. The Hall–Kier alpha value is -1.41. The van der Waals surface area contributed by atoms with Crippen LogP contribution in [0.15, 0.2) is 35.9 Å². The molecule has 0 amide bonds. The molecule has 1 aliphatic heterocycles. The molecule has 0 radical (unpaired) electrons. The molecule has 17 heavy (non-hydrogen) atoms. The molecular weight excluding hydrogens is 210 g/mol. The van der Waals surface area contributed by atoms with Crippen molar-refractivity contribution in [1.82, 2.24) is 4.90 Å². The van der Waals surface area contributed by atoms with Crippen LogP contribution in [0, 0.1) is 0 Å². The van der Waals surface area contributed by atoms with Crippen LogP contribution in [0.1, 0.15) is 25.0 Å². The molecule has 2 rings (SSSR count). The van der Waals surface area contributed by atoms with E-state index in [0.29, 0.717) is 6.04 Å². The smallest absolute Gasteiger partial charge is 0.152 e. The molecule has 0 saturated heterocycles. The summed E-state index contributed by atoms with van der Waals surface area (Å²) in [5, 5.41) is 0. The first-order valence-electron chi connectivity index (χ1n) is 6.03. The molecule has 0 bridgehead atoms. The highest BCUT2D eigenvalue weighted by Gasteiger charge is 2.24. The van der Waals surface area contributed by atoms with Crippen molar-refractivity contribution in [3.8, 4) is 0 Å². The minimum atomic E-state index is 0.134. The van der Waals surface area contributed by atoms with Gasteiger partial charge in [-0.2, -0.15) is 0 Å². The number of benzene rings is 1. The average molecular weight is 229 g/mol. The third kappa shape index (κ3) is 2.64. The van der Waals surface area contributed by atoms with Crippen molar-refractivity contribution in [3.63, 3.8) is 0 Å². The molecule has 1 atom stereocenters. The summed E-state index contributed by atoms with van der Waals surface area (Å²) in [7, 11) is 2.12. The van der Waals surface area contributed by atoms with E-state index >= 15 is 0 Å². The maximum atomic E-state index is 11.2. The summed E-state index contributed by atoms with van der Waals surface area (Å²) >= 11 is 0. The predicted octanol–water partition coefficient (Wildman–Crippen LogP) is 2.58. The number of rotatable bonds is 2. The number of allylic oxidation sites excluding steroid dienone is 1. The summed E-state index contributed by atoms with van der Waals surface area (Å²) in [4.78, 5) is 13.5. The minimum Gasteiger partial charge on any atom is -0.295 e. The maximum Gasteiger partial charge on any atom is 0.152 e. The van der Waals surface area contributed by atoms with Crippen LogP contribution in [0.5, 0.6) is 0 Å². The van der Waals surface area contributed by atoms with Crippen LogP contribution in [0.3, 0.4) is 0 Å². The fourth-order valence-electron chi connectivity index (χ4n) is 2.58. The fraction of sp³-hybridized carbons (Fsp3) is 0.400. The molecule has 2 nitrogen and oxygen atoms in total. The number of carbonyl (C=O) groups is 1. The molecule has 1 aliphatic rings. The molecule has 1 unspecified atom stereocenters. The molecule has 1 aromatic carbocycles. The zero-order valence-electron chi connectivity index (χ0n) is 10.7. The van der Waals surface area contributed by atoms with Gasteiger partial charge in [0, 0.05) is 12.6 Å². The number of fused-ring (bicyclic) bond motifs is 1. The van der Waals surface area contributed by atoms with E-state index in [2.05, 4.69) is 43.1 Å². The molecule has 1 heterocycles. The van der Waals surface area contributed by atoms with Gasteiger partial charge < -0.3 is 0 Å². The topological polar surface area (TPSA) is 20.3 Å². The summed E-state index contributed by atoms with van der Waals surface area (Å²) in [5.41, 5.74) is 3.98. The van der Waals surface area contributed by atoms with Crippen LogP contribution in [0.2, 0.25) is 0 Å². The SMILES string of the molecule is CC(=O)/C=C(\C)C1Cc2ccccc2CN1C. The van der Waals surface area contributed by atoms with Gasteiger partial charge in [-0.25, -0.2) is 0 Å². The summed E-state index contributed by atoms with van der Waals surface area (Å²) < 4.78 is 0. The van der Waals surface area contributed by atoms with Gasteiger partial charge in [0.1, 0.15) is 0 Å². The molecule has 0 saturated carbocycles. The zero-order chi connectivity index (χ0) is 12.4. The van der Waals surface area contributed by atoms with Crippen molar-refractivity contribution in [2.45, 2.75) is 32.9 Å². The molecule has 2 heteroatoms. The Morgan fingerprint density at radius 2 is 1.94 bits per heavy atom. The lowest BCUT2D eigenvalue weighted by Crippen LogP contribution is -2.38. The van der Waals surface area contributed by atoms with Gasteiger partial charge >= 0.3 is 0 Å². The fourth-order valence-corrected chi connectivity index (χ4v) is 2.58. The van der Waals surface area contributed by atoms with Gasteiger partial charge in [0.25, 0.3) is 0 Å². The second kappa shape index (κ2) is 4.84. The van der Waals surface area contributed by atoms with Crippen LogP contribution in [-0.4, -0.2) is 23.8 Å². The minimum absolute atomic E-state index is 0.134. The molecule has 90 valence electrons. The Labute approximate surface area is 103 Å². The highest BCUT2D eigenvalue weighted by molar-refractivity contribution is 5.88. The highest BCUT2D eigenvalue weighted by atomic mass is 16.1. The van der Waals surface area contributed by atoms with Crippen LogP contribution in [0.4, 0.5) is 0 Å². The van der Waals surface area contributed by atoms with Crippen molar-refractivity contribution < 1.29 is 4.79 Å². The molecule has 0 aliphatic carbocycles. The van der Waals surface area contributed by atoms with Crippen LogP contribution in [0.25, 0.3) is 0 Å². The monoisotopic (exact) mass is 229 g/mol. The maximum absolute atomic E-state index is 11.2. The van der Waals surface area contributed by atoms with E-state index in [1.807, 2.05) is 0 Å². The van der Waals surface area contributed by atoms with Crippen LogP contribution in [-0.2, 0) is 17.8 Å². The second-order valence-electron chi connectivity index (χ2n) is 4.90. The Morgan fingerprint density at radius 1 is 1.29 bits per heavy atom. The van der Waals surface area contributed by atoms with E-state index in [0.717, 1.165) is 18.5 Å². The third-order valence-electron chi connectivity index (χ3n) is 3.44. The van der Waals surface area contributed by atoms with Crippen molar-refractivity contribution in [2.75, 3.05) is 7.05 Å². The lowest BCUT2D eigenvalue weighted by molar-refractivity contribution is -0.112. The van der Waals surface area contributed by atoms with Crippen LogP contribution >= 0.6 is 0 Å². The first kappa shape index (κ1) is 12.1. The van der Waals surface area contributed by atoms with E-state index in [4.69, 9.17) is 0 Å². The number of ketones is 1. The Balaban J connectivity index is 2.26. The Kier molecular flexibility index (Phi) is 3.43. The van der Waals surface area contributed by atoms with Crippen molar-refractivity contribution in [1.29, 1.82) is 0 Å². The largest absolute Gasteiger partial charge is 0.295 e. The molecule has 1 aromatic rings. The number of carbonyl (C=O) groups excluding carboxylic acids is 1. The number of nitrogens with zero attached hydrogens (tertiary/aromatic N) is 1. The lowest BCUT2D eigenvalue weighted by atomic mass is 9.90. The van der Waals surface area contributed by atoms with E-state index in [1.54, 1.807) is 13.0 Å². The summed E-state index contributed by atoms with van der Waals surface area (Å²) in [6.07, 6.45) is 2.76. The van der Waals surface area contributed by atoms with Crippen molar-refractivity contribution in [2.24, 2.45) is 0 Å². The molecule has 0 aromatic heterocycles. The first-order chi connectivity index (χ1) is 8.08. The van der Waals surface area contributed by atoms with Gasteiger partial charge in [-0.05, 0) is 44.5 Å². The summed E-state index contributed by atoms with van der Waals surface area (Å²) in [5.74, 6) is 0.134. The van der Waals surface area contributed by atoms with Gasteiger partial charge in [0.05, 0.1) is 0 Å². The van der Waals surface area contributed by atoms with Gasteiger partial charge in [0.2, 0.25) is 0 Å². The molecule has 0 fully saturated rings. The van der Waals surface area contributed by atoms with Gasteiger partial charge in [-0.15, -0.1) is 0 Å². The quantitative estimate of drug-likeness (QED) is 0.726. The number of hydrogen-bond acceptors (Lipinski definition) is 2. The molecular formula is C15H19NO. The summed E-state index contributed by atoms with van der Waals surface area (Å²) in [6.45, 7) is 4.63. The summed E-state index contributed by atoms with van der Waals surface area (Å²) in [6, 6.07) is 8.91. The van der Waals surface area contributed by atoms with E-state index in [1.165, 1.54) is 11.1 Å². The number of hydrogen-bond donors (Lipinski definition) is 0. The second-order valence-corrected chi connectivity index (χ2v) is 4.90. The lowest BCUT2D eigenvalue weighted by Gasteiger charge is -2.34. The molecule has 0 N–H and O–H groups in total. The Morgan fingerprint density at radius 3 is 2.59 bits per heavy atom. The van der Waals surface area contributed by atoms with Crippen molar-refractivity contribution in [3.05, 3.63) is 47.0 Å². The first-order valence-corrected chi connectivity index (χ1v) is 6.03. The van der Waals surface area contributed by atoms with Crippen molar-refractivity contribution >= 4 is 5.78 Å². The molecule has 0 spiro atoms. The van der Waals surface area contributed by atoms with Gasteiger partial charge in [-0.1, -0.05) is 29.8 Å². The zero-order valence-corrected chi connectivity index (χ0v) is 10.7. The standard InChI is InChI=1S/C15H19NO/c1-11(8-12(2)17)15-9-13-6-4-5-7-14(13)10-16(15)3/h4-8,15H,9-10H2,1-3H3/b11-8+. The van der Waals surface area contributed by atoms with E-state index < -0.39 is 0 Å². The Bertz CT molecular complexity index is 462. The van der Waals surface area contributed by atoms with E-state index in [9.17, 15) is 4.79 Å². The number of likely N-dealkylation sites (N-methyl/N-ethyl adjacent to an activating group) is 1. The van der Waals surface area contributed by atoms with Crippen LogP contribution < -0.4 is 0 Å². The van der Waals surface area contributed by atoms with Gasteiger partial charge in [0.15, 0.2) is 5.78 Å². The predicted molar refractivity (Wildman–Crippen MR) is 69.8 cm³/mol. The van der Waals surface area contributed by atoms with Gasteiger partial charge in [-0.3, -0.25) is 9.69 Å². The normalized spacial score (nSPS) is 21.1. The third-order valence-corrected chi connectivity index (χ3v) is 3.44.